The monoisotopic (exact) mass is 245 g/mol. The molecule has 1 aromatic carbocycles. The number of benzene rings is 1. The molecule has 2 N–H and O–H groups in total. The van der Waals surface area contributed by atoms with Gasteiger partial charge in [-0.3, -0.25) is 4.79 Å². The molecule has 0 atom stereocenters. The third-order valence-electron chi connectivity index (χ3n) is 2.06. The first-order valence-electron chi connectivity index (χ1n) is 4.96. The second-order valence-electron chi connectivity index (χ2n) is 3.42. The number of halogens is 2. The van der Waals surface area contributed by atoms with Crippen molar-refractivity contribution in [2.24, 2.45) is 0 Å². The molecule has 0 radical (unpaired) electrons. The first kappa shape index (κ1) is 12.9. The average molecular weight is 246 g/mol. The lowest BCUT2D eigenvalue weighted by Crippen LogP contribution is -2.15. The maximum Gasteiger partial charge on any atom is 0.303 e. The predicted octanol–water partition coefficient (Wildman–Crippen LogP) is 2.43. The average Bonchev–Trinajstić information content (AvgIpc) is 2.22. The molecule has 0 unspecified atom stereocenters. The van der Waals surface area contributed by atoms with Gasteiger partial charge in [0, 0.05) is 13.0 Å². The van der Waals surface area contributed by atoms with Crippen LogP contribution in [0.5, 0.6) is 0 Å². The molecular formula is C11H13ClFNO2. The van der Waals surface area contributed by atoms with Crippen molar-refractivity contribution in [2.75, 3.05) is 6.54 Å². The molecule has 5 heteroatoms. The third-order valence-corrected chi connectivity index (χ3v) is 2.36. The first-order chi connectivity index (χ1) is 7.59. The highest BCUT2D eigenvalue weighted by molar-refractivity contribution is 6.30. The summed E-state index contributed by atoms with van der Waals surface area (Å²) < 4.78 is 13.0. The summed E-state index contributed by atoms with van der Waals surface area (Å²) in [6, 6.07) is 4.60. The summed E-state index contributed by atoms with van der Waals surface area (Å²) in [6.07, 6.45) is 0.702. The van der Waals surface area contributed by atoms with Crippen LogP contribution in [0.4, 0.5) is 4.39 Å². The van der Waals surface area contributed by atoms with Crippen LogP contribution in [-0.2, 0) is 11.3 Å². The van der Waals surface area contributed by atoms with Gasteiger partial charge in [-0.05, 0) is 30.7 Å². The van der Waals surface area contributed by atoms with E-state index in [0.29, 0.717) is 19.5 Å². The number of hydrogen-bond acceptors (Lipinski definition) is 2. The minimum Gasteiger partial charge on any atom is -0.481 e. The molecule has 0 aliphatic carbocycles. The van der Waals surface area contributed by atoms with Gasteiger partial charge in [0.05, 0.1) is 5.02 Å². The second kappa shape index (κ2) is 6.45. The van der Waals surface area contributed by atoms with E-state index in [1.807, 2.05) is 0 Å². The molecule has 0 saturated heterocycles. The van der Waals surface area contributed by atoms with E-state index in [1.54, 1.807) is 6.07 Å². The summed E-state index contributed by atoms with van der Waals surface area (Å²) in [5.74, 6) is -1.24. The maximum atomic E-state index is 13.0. The lowest BCUT2D eigenvalue weighted by Gasteiger charge is -2.04. The van der Waals surface area contributed by atoms with Crippen LogP contribution in [0.3, 0.4) is 0 Å². The molecule has 0 saturated carbocycles. The minimum atomic E-state index is -0.806. The van der Waals surface area contributed by atoms with Crippen LogP contribution in [0.15, 0.2) is 18.2 Å². The molecule has 0 aliphatic heterocycles. The van der Waals surface area contributed by atoms with Crippen LogP contribution in [0.25, 0.3) is 0 Å². The van der Waals surface area contributed by atoms with Gasteiger partial charge in [-0.15, -0.1) is 0 Å². The highest BCUT2D eigenvalue weighted by atomic mass is 35.5. The lowest BCUT2D eigenvalue weighted by atomic mass is 10.2. The van der Waals surface area contributed by atoms with Crippen LogP contribution >= 0.6 is 11.6 Å². The summed E-state index contributed by atoms with van der Waals surface area (Å²) in [5, 5.41) is 11.5. The van der Waals surface area contributed by atoms with Crippen molar-refractivity contribution >= 4 is 17.6 Å². The van der Waals surface area contributed by atoms with E-state index < -0.39 is 11.8 Å². The lowest BCUT2D eigenvalue weighted by molar-refractivity contribution is -0.137. The highest BCUT2D eigenvalue weighted by Gasteiger charge is 2.01. The zero-order valence-electron chi connectivity index (χ0n) is 8.67. The molecule has 0 spiro atoms. The van der Waals surface area contributed by atoms with Crippen molar-refractivity contribution in [1.82, 2.24) is 5.32 Å². The standard InChI is InChI=1S/C11H13ClFNO2/c12-9-4-3-8(6-10(9)13)7-14-5-1-2-11(15)16/h3-4,6,14H,1-2,5,7H2,(H,15,16). The first-order valence-corrected chi connectivity index (χ1v) is 5.34. The van der Waals surface area contributed by atoms with E-state index in [4.69, 9.17) is 16.7 Å². The van der Waals surface area contributed by atoms with Gasteiger partial charge in [-0.2, -0.15) is 0 Å². The minimum absolute atomic E-state index is 0.106. The molecular weight excluding hydrogens is 233 g/mol. The fourth-order valence-electron chi connectivity index (χ4n) is 1.25. The number of carbonyl (C=O) groups is 1. The zero-order chi connectivity index (χ0) is 12.0. The Kier molecular flexibility index (Phi) is 5.22. The molecule has 0 aromatic heterocycles. The number of carboxylic acids is 1. The van der Waals surface area contributed by atoms with Gasteiger partial charge in [-0.25, -0.2) is 4.39 Å². The number of aliphatic carboxylic acids is 1. The van der Waals surface area contributed by atoms with Crippen molar-refractivity contribution in [1.29, 1.82) is 0 Å². The summed E-state index contributed by atoms with van der Waals surface area (Å²) >= 11 is 5.54. The quantitative estimate of drug-likeness (QED) is 0.757. The molecule has 1 rings (SSSR count). The summed E-state index contributed by atoms with van der Waals surface area (Å²) in [7, 11) is 0. The molecule has 88 valence electrons. The molecule has 16 heavy (non-hydrogen) atoms. The van der Waals surface area contributed by atoms with Crippen molar-refractivity contribution in [2.45, 2.75) is 19.4 Å². The van der Waals surface area contributed by atoms with Gasteiger partial charge in [0.2, 0.25) is 0 Å². The normalized spacial score (nSPS) is 10.4. The van der Waals surface area contributed by atoms with E-state index in [2.05, 4.69) is 5.32 Å². The van der Waals surface area contributed by atoms with E-state index >= 15 is 0 Å². The molecule has 0 fully saturated rings. The van der Waals surface area contributed by atoms with Crippen LogP contribution in [0.1, 0.15) is 18.4 Å². The van der Waals surface area contributed by atoms with Gasteiger partial charge < -0.3 is 10.4 Å². The smallest absolute Gasteiger partial charge is 0.303 e. The molecule has 3 nitrogen and oxygen atoms in total. The zero-order valence-corrected chi connectivity index (χ0v) is 9.43. The van der Waals surface area contributed by atoms with Gasteiger partial charge in [0.25, 0.3) is 0 Å². The van der Waals surface area contributed by atoms with Gasteiger partial charge in [0.1, 0.15) is 5.82 Å². The van der Waals surface area contributed by atoms with E-state index in [1.165, 1.54) is 12.1 Å². The molecule has 0 amide bonds. The topological polar surface area (TPSA) is 49.3 Å². The van der Waals surface area contributed by atoms with Crippen molar-refractivity contribution in [3.05, 3.63) is 34.6 Å². The summed E-state index contributed by atoms with van der Waals surface area (Å²) in [6.45, 7) is 1.10. The fraction of sp³-hybridized carbons (Fsp3) is 0.364. The second-order valence-corrected chi connectivity index (χ2v) is 3.83. The molecule has 0 aliphatic rings. The molecule has 1 aromatic rings. The van der Waals surface area contributed by atoms with Crippen LogP contribution in [-0.4, -0.2) is 17.6 Å². The Hall–Kier alpha value is -1.13. The fourth-order valence-corrected chi connectivity index (χ4v) is 1.36. The summed E-state index contributed by atoms with van der Waals surface area (Å²) in [5.41, 5.74) is 0.789. The van der Waals surface area contributed by atoms with Crippen molar-refractivity contribution in [3.63, 3.8) is 0 Å². The van der Waals surface area contributed by atoms with Crippen molar-refractivity contribution in [3.8, 4) is 0 Å². The van der Waals surface area contributed by atoms with Gasteiger partial charge in [-0.1, -0.05) is 17.7 Å². The van der Waals surface area contributed by atoms with Crippen LogP contribution in [0.2, 0.25) is 5.02 Å². The Balaban J connectivity index is 2.27. The Morgan fingerprint density at radius 2 is 2.25 bits per heavy atom. The highest BCUT2D eigenvalue weighted by Crippen LogP contribution is 2.15. The van der Waals surface area contributed by atoms with E-state index in [9.17, 15) is 9.18 Å². The number of carboxylic acid groups (broad SMARTS) is 1. The van der Waals surface area contributed by atoms with Crippen molar-refractivity contribution < 1.29 is 14.3 Å². The Bertz CT molecular complexity index is 371. The van der Waals surface area contributed by atoms with Gasteiger partial charge >= 0.3 is 5.97 Å². The SMILES string of the molecule is O=C(O)CCCNCc1ccc(Cl)c(F)c1. The Morgan fingerprint density at radius 1 is 1.50 bits per heavy atom. The van der Waals surface area contributed by atoms with Crippen LogP contribution in [0, 0.1) is 5.82 Å². The number of rotatable bonds is 6. The molecule has 0 heterocycles. The largest absolute Gasteiger partial charge is 0.481 e. The van der Waals surface area contributed by atoms with Gasteiger partial charge in [0.15, 0.2) is 0 Å². The summed E-state index contributed by atoms with van der Waals surface area (Å²) in [4.78, 5) is 10.2. The molecule has 0 bridgehead atoms. The maximum absolute atomic E-state index is 13.0. The van der Waals surface area contributed by atoms with E-state index in [-0.39, 0.29) is 11.4 Å². The van der Waals surface area contributed by atoms with Crippen LogP contribution < -0.4 is 5.32 Å². The predicted molar refractivity (Wildman–Crippen MR) is 60.0 cm³/mol. The Morgan fingerprint density at radius 3 is 2.88 bits per heavy atom. The number of nitrogens with one attached hydrogen (secondary N) is 1. The Labute approximate surface area is 98.2 Å². The van der Waals surface area contributed by atoms with E-state index in [0.717, 1.165) is 5.56 Å². The third kappa shape index (κ3) is 4.59. The number of hydrogen-bond donors (Lipinski definition) is 2.